The molecule has 0 aliphatic heterocycles. The number of nitrogens with zero attached hydrogens (tertiary/aromatic N) is 2. The lowest BCUT2D eigenvalue weighted by atomic mass is 10.1. The van der Waals surface area contributed by atoms with Gasteiger partial charge in [-0.3, -0.25) is 9.89 Å². The Labute approximate surface area is 103 Å². The van der Waals surface area contributed by atoms with Crippen LogP contribution in [0.5, 0.6) is 0 Å². The number of pyridine rings is 1. The van der Waals surface area contributed by atoms with Crippen molar-refractivity contribution in [2.75, 3.05) is 6.54 Å². The minimum atomic E-state index is -1.16. The van der Waals surface area contributed by atoms with Gasteiger partial charge >= 0.3 is 0 Å². The standard InChI is InChI=1S/C11H14N4O3/c1-6(16)13-5-8(17)10(18)9-7-3-2-4-12-11(7)15-14-9/h2-4,8,10,17-18H,5H2,1H3,(H,13,16)(H,12,14,15). The first-order chi connectivity index (χ1) is 8.59. The Morgan fingerprint density at radius 2 is 2.33 bits per heavy atom. The molecule has 96 valence electrons. The summed E-state index contributed by atoms with van der Waals surface area (Å²) in [6, 6.07) is 3.46. The average molecular weight is 250 g/mol. The van der Waals surface area contributed by atoms with Crippen LogP contribution in [-0.2, 0) is 4.79 Å². The van der Waals surface area contributed by atoms with Crippen LogP contribution in [0.4, 0.5) is 0 Å². The first kappa shape index (κ1) is 12.5. The highest BCUT2D eigenvalue weighted by Gasteiger charge is 2.22. The number of aromatic amines is 1. The van der Waals surface area contributed by atoms with E-state index in [0.29, 0.717) is 16.7 Å². The Hall–Kier alpha value is -1.99. The summed E-state index contributed by atoms with van der Waals surface area (Å²) in [6.07, 6.45) is -0.684. The zero-order valence-corrected chi connectivity index (χ0v) is 9.79. The van der Waals surface area contributed by atoms with Crippen molar-refractivity contribution in [2.45, 2.75) is 19.1 Å². The van der Waals surface area contributed by atoms with Crippen molar-refractivity contribution >= 4 is 16.9 Å². The van der Waals surface area contributed by atoms with E-state index in [2.05, 4.69) is 20.5 Å². The van der Waals surface area contributed by atoms with Gasteiger partial charge in [0.25, 0.3) is 0 Å². The maximum Gasteiger partial charge on any atom is 0.216 e. The number of aliphatic hydroxyl groups excluding tert-OH is 2. The third kappa shape index (κ3) is 2.47. The number of aliphatic hydroxyl groups is 2. The molecule has 1 amide bonds. The highest BCUT2D eigenvalue weighted by atomic mass is 16.3. The molecule has 0 aromatic carbocycles. The van der Waals surface area contributed by atoms with Crippen LogP contribution in [-0.4, -0.2) is 44.0 Å². The lowest BCUT2D eigenvalue weighted by molar-refractivity contribution is -0.119. The van der Waals surface area contributed by atoms with Gasteiger partial charge in [0.2, 0.25) is 5.91 Å². The van der Waals surface area contributed by atoms with Crippen LogP contribution in [0.15, 0.2) is 18.3 Å². The smallest absolute Gasteiger partial charge is 0.216 e. The second-order valence-electron chi connectivity index (χ2n) is 3.96. The SMILES string of the molecule is CC(=O)NCC(O)C(O)c1[nH]nc2ncccc12. The Bertz CT molecular complexity index is 554. The number of fused-ring (bicyclic) bond motifs is 1. The quantitative estimate of drug-likeness (QED) is 0.584. The molecule has 0 bridgehead atoms. The number of H-pyrrole nitrogens is 1. The molecule has 18 heavy (non-hydrogen) atoms. The summed E-state index contributed by atoms with van der Waals surface area (Å²) in [5.41, 5.74) is 0.856. The van der Waals surface area contributed by atoms with Crippen molar-refractivity contribution in [1.29, 1.82) is 0 Å². The molecule has 0 fully saturated rings. The van der Waals surface area contributed by atoms with Crippen LogP contribution in [0, 0.1) is 0 Å². The molecule has 2 rings (SSSR count). The summed E-state index contributed by atoms with van der Waals surface area (Å²) in [4.78, 5) is 14.7. The van der Waals surface area contributed by atoms with Gasteiger partial charge in [-0.1, -0.05) is 0 Å². The number of hydrogen-bond acceptors (Lipinski definition) is 5. The van der Waals surface area contributed by atoms with Crippen LogP contribution in [0.1, 0.15) is 18.7 Å². The lowest BCUT2D eigenvalue weighted by Gasteiger charge is -2.16. The molecule has 0 aliphatic rings. The molecule has 0 saturated heterocycles. The molecule has 0 radical (unpaired) electrons. The van der Waals surface area contributed by atoms with E-state index in [1.165, 1.54) is 6.92 Å². The van der Waals surface area contributed by atoms with Crippen LogP contribution in [0.3, 0.4) is 0 Å². The predicted octanol–water partition coefficient (Wildman–Crippen LogP) is -0.512. The molecule has 0 aliphatic carbocycles. The van der Waals surface area contributed by atoms with Gasteiger partial charge in [0.1, 0.15) is 12.2 Å². The van der Waals surface area contributed by atoms with Gasteiger partial charge in [0, 0.05) is 25.1 Å². The predicted molar refractivity (Wildman–Crippen MR) is 63.5 cm³/mol. The number of carbonyl (C=O) groups excluding carboxylic acids is 1. The zero-order chi connectivity index (χ0) is 13.1. The maximum absolute atomic E-state index is 10.7. The molecule has 7 nitrogen and oxygen atoms in total. The highest BCUT2D eigenvalue weighted by Crippen LogP contribution is 2.22. The molecule has 2 heterocycles. The first-order valence-corrected chi connectivity index (χ1v) is 5.49. The molecule has 0 spiro atoms. The van der Waals surface area contributed by atoms with Crippen molar-refractivity contribution in [2.24, 2.45) is 0 Å². The summed E-state index contributed by atoms with van der Waals surface area (Å²) < 4.78 is 0. The summed E-state index contributed by atoms with van der Waals surface area (Å²) in [7, 11) is 0. The van der Waals surface area contributed by atoms with E-state index >= 15 is 0 Å². The van der Waals surface area contributed by atoms with Crippen LogP contribution in [0.2, 0.25) is 0 Å². The third-order valence-electron chi connectivity index (χ3n) is 2.58. The average Bonchev–Trinajstić information content (AvgIpc) is 2.78. The third-order valence-corrected chi connectivity index (χ3v) is 2.58. The van der Waals surface area contributed by atoms with Gasteiger partial charge < -0.3 is 15.5 Å². The molecular weight excluding hydrogens is 236 g/mol. The number of nitrogens with one attached hydrogen (secondary N) is 2. The Morgan fingerprint density at radius 3 is 3.06 bits per heavy atom. The van der Waals surface area contributed by atoms with E-state index < -0.39 is 12.2 Å². The number of aromatic nitrogens is 3. The summed E-state index contributed by atoms with van der Waals surface area (Å²) in [6.45, 7) is 1.31. The van der Waals surface area contributed by atoms with Gasteiger partial charge in [-0.05, 0) is 12.1 Å². The Balaban J connectivity index is 2.17. The first-order valence-electron chi connectivity index (χ1n) is 5.49. The Kier molecular flexibility index (Phi) is 3.54. The van der Waals surface area contributed by atoms with Crippen molar-refractivity contribution in [1.82, 2.24) is 20.5 Å². The molecular formula is C11H14N4O3. The largest absolute Gasteiger partial charge is 0.388 e. The van der Waals surface area contributed by atoms with E-state index in [0.717, 1.165) is 0 Å². The molecule has 7 heteroatoms. The van der Waals surface area contributed by atoms with Crippen LogP contribution < -0.4 is 5.32 Å². The molecule has 2 aromatic heterocycles. The van der Waals surface area contributed by atoms with E-state index in [1.54, 1.807) is 18.3 Å². The fourth-order valence-electron chi connectivity index (χ4n) is 1.65. The van der Waals surface area contributed by atoms with E-state index in [-0.39, 0.29) is 12.5 Å². The highest BCUT2D eigenvalue weighted by molar-refractivity contribution is 5.77. The fraction of sp³-hybridized carbons (Fsp3) is 0.364. The zero-order valence-electron chi connectivity index (χ0n) is 9.79. The minimum absolute atomic E-state index is 0.0305. The molecule has 2 atom stereocenters. The summed E-state index contributed by atoms with van der Waals surface area (Å²) in [5, 5.41) is 29.4. The van der Waals surface area contributed by atoms with E-state index in [1.807, 2.05) is 0 Å². The molecule has 0 saturated carbocycles. The normalized spacial score (nSPS) is 14.4. The molecule has 4 N–H and O–H groups in total. The number of amides is 1. The van der Waals surface area contributed by atoms with Crippen LogP contribution >= 0.6 is 0 Å². The minimum Gasteiger partial charge on any atom is -0.388 e. The lowest BCUT2D eigenvalue weighted by Crippen LogP contribution is -2.34. The second-order valence-corrected chi connectivity index (χ2v) is 3.96. The summed E-state index contributed by atoms with van der Waals surface area (Å²) in [5.74, 6) is -0.266. The van der Waals surface area contributed by atoms with Gasteiger partial charge in [0.05, 0.1) is 5.69 Å². The van der Waals surface area contributed by atoms with Crippen molar-refractivity contribution in [3.63, 3.8) is 0 Å². The van der Waals surface area contributed by atoms with Gasteiger partial charge in [-0.25, -0.2) is 4.98 Å². The fourth-order valence-corrected chi connectivity index (χ4v) is 1.65. The van der Waals surface area contributed by atoms with E-state index in [4.69, 9.17) is 0 Å². The second kappa shape index (κ2) is 5.11. The van der Waals surface area contributed by atoms with E-state index in [9.17, 15) is 15.0 Å². The van der Waals surface area contributed by atoms with Crippen molar-refractivity contribution in [3.05, 3.63) is 24.0 Å². The Morgan fingerprint density at radius 1 is 1.56 bits per heavy atom. The molecule has 2 aromatic rings. The van der Waals surface area contributed by atoms with Crippen molar-refractivity contribution in [3.8, 4) is 0 Å². The number of hydrogen-bond donors (Lipinski definition) is 4. The van der Waals surface area contributed by atoms with Gasteiger partial charge in [0.15, 0.2) is 5.65 Å². The number of rotatable bonds is 4. The van der Waals surface area contributed by atoms with Gasteiger partial charge in [-0.2, -0.15) is 5.10 Å². The molecule has 2 unspecified atom stereocenters. The maximum atomic E-state index is 10.7. The monoisotopic (exact) mass is 250 g/mol. The summed E-state index contributed by atoms with van der Waals surface area (Å²) >= 11 is 0. The van der Waals surface area contributed by atoms with Gasteiger partial charge in [-0.15, -0.1) is 0 Å². The van der Waals surface area contributed by atoms with Crippen molar-refractivity contribution < 1.29 is 15.0 Å². The topological polar surface area (TPSA) is 111 Å². The number of carbonyl (C=O) groups is 1. The van der Waals surface area contributed by atoms with Crippen LogP contribution in [0.25, 0.3) is 11.0 Å².